The molecule has 0 fully saturated rings. The topological polar surface area (TPSA) is 87.6 Å². The summed E-state index contributed by atoms with van der Waals surface area (Å²) in [5, 5.41) is -0.585. The van der Waals surface area contributed by atoms with Crippen LogP contribution in [0.4, 0.5) is 4.79 Å². The molecular weight excluding hydrogens is 248 g/mol. The molecule has 1 amide bonds. The van der Waals surface area contributed by atoms with E-state index in [-0.39, 0.29) is 11.5 Å². The van der Waals surface area contributed by atoms with Crippen molar-refractivity contribution in [1.29, 1.82) is 0 Å². The van der Waals surface area contributed by atoms with Gasteiger partial charge in [-0.1, -0.05) is 32.9 Å². The fraction of sp³-hybridized carbons (Fsp3) is 0.778. The third-order valence-electron chi connectivity index (χ3n) is 1.38. The van der Waals surface area contributed by atoms with E-state index in [4.69, 9.17) is 20.0 Å². The van der Waals surface area contributed by atoms with Gasteiger partial charge < -0.3 is 20.9 Å². The number of amides is 1. The van der Waals surface area contributed by atoms with Gasteiger partial charge in [0.2, 0.25) is 6.29 Å². The van der Waals surface area contributed by atoms with Crippen LogP contribution in [-0.2, 0) is 9.47 Å². The van der Waals surface area contributed by atoms with Crippen molar-refractivity contribution in [3.63, 3.8) is 0 Å². The zero-order chi connectivity index (χ0) is 13.0. The second-order valence-corrected chi connectivity index (χ2v) is 3.68. The SMILES string of the molecule is CCCCOC(CC)OC(N)=S.NC(=O)S. The van der Waals surface area contributed by atoms with Crippen LogP contribution in [0.1, 0.15) is 33.1 Å². The van der Waals surface area contributed by atoms with Gasteiger partial charge in [-0.25, -0.2) is 0 Å². The number of rotatable bonds is 6. The molecule has 0 aromatic rings. The number of nitrogens with two attached hydrogens (primary N) is 2. The summed E-state index contributed by atoms with van der Waals surface area (Å²) < 4.78 is 10.4. The smallest absolute Gasteiger partial charge is 0.273 e. The van der Waals surface area contributed by atoms with Crippen LogP contribution < -0.4 is 11.5 Å². The van der Waals surface area contributed by atoms with Gasteiger partial charge in [0.05, 0.1) is 6.61 Å². The molecule has 4 N–H and O–H groups in total. The van der Waals surface area contributed by atoms with Crippen LogP contribution in [0, 0.1) is 0 Å². The molecule has 0 aliphatic heterocycles. The Kier molecular flexibility index (Phi) is 14.0. The summed E-state index contributed by atoms with van der Waals surface area (Å²) in [7, 11) is 0. The molecule has 0 rings (SSSR count). The predicted molar refractivity (Wildman–Crippen MR) is 71.4 cm³/mol. The molecule has 1 unspecified atom stereocenters. The van der Waals surface area contributed by atoms with Gasteiger partial charge in [-0.15, -0.1) is 0 Å². The molecule has 0 aliphatic rings. The van der Waals surface area contributed by atoms with Gasteiger partial charge in [-0.05, 0) is 18.6 Å². The molecular formula is C9H20N2O3S2. The molecule has 0 saturated carbocycles. The van der Waals surface area contributed by atoms with Gasteiger partial charge in [0.15, 0.2) is 0 Å². The van der Waals surface area contributed by atoms with Gasteiger partial charge in [0.1, 0.15) is 0 Å². The molecule has 0 saturated heterocycles. The van der Waals surface area contributed by atoms with Crippen molar-refractivity contribution in [3.05, 3.63) is 0 Å². The lowest BCUT2D eigenvalue weighted by atomic mass is 10.3. The minimum atomic E-state index is -0.639. The Morgan fingerprint density at radius 2 is 1.94 bits per heavy atom. The third-order valence-corrected chi connectivity index (χ3v) is 1.48. The fourth-order valence-corrected chi connectivity index (χ4v) is 0.831. The van der Waals surface area contributed by atoms with Crippen molar-refractivity contribution in [3.8, 4) is 0 Å². The first kappa shape index (κ1) is 17.9. The van der Waals surface area contributed by atoms with E-state index < -0.39 is 5.24 Å². The number of carbonyl (C=O) groups is 1. The first-order valence-electron chi connectivity index (χ1n) is 5.00. The molecule has 5 nitrogen and oxygen atoms in total. The van der Waals surface area contributed by atoms with Crippen LogP contribution >= 0.6 is 24.8 Å². The summed E-state index contributed by atoms with van der Waals surface area (Å²) >= 11 is 7.70. The Morgan fingerprint density at radius 3 is 2.25 bits per heavy atom. The van der Waals surface area contributed by atoms with Crippen molar-refractivity contribution >= 4 is 35.3 Å². The number of ether oxygens (including phenoxy) is 2. The zero-order valence-corrected chi connectivity index (χ0v) is 11.4. The standard InChI is InChI=1S/C8H17NO2S.CH3NOS/c1-3-5-6-10-7(4-2)11-8(9)12;2-1(3)4/h7H,3-6H2,1-2H3,(H2,9,12);(H3,2,3,4). The van der Waals surface area contributed by atoms with Crippen LogP contribution in [0.15, 0.2) is 0 Å². The molecule has 96 valence electrons. The zero-order valence-electron chi connectivity index (χ0n) is 9.64. The molecule has 0 spiro atoms. The Hall–Kier alpha value is -0.530. The number of primary amides is 1. The van der Waals surface area contributed by atoms with Gasteiger partial charge in [0, 0.05) is 6.42 Å². The van der Waals surface area contributed by atoms with Crippen LogP contribution in [0.25, 0.3) is 0 Å². The average Bonchev–Trinajstić information content (AvgIpc) is 2.15. The highest BCUT2D eigenvalue weighted by atomic mass is 32.1. The van der Waals surface area contributed by atoms with Gasteiger partial charge in [-0.2, -0.15) is 0 Å². The van der Waals surface area contributed by atoms with Crippen molar-refractivity contribution < 1.29 is 14.3 Å². The molecule has 0 aliphatic carbocycles. The van der Waals surface area contributed by atoms with E-state index in [9.17, 15) is 0 Å². The highest BCUT2D eigenvalue weighted by molar-refractivity contribution is 7.96. The molecule has 0 aromatic carbocycles. The van der Waals surface area contributed by atoms with E-state index >= 15 is 0 Å². The van der Waals surface area contributed by atoms with Gasteiger partial charge >= 0.3 is 0 Å². The predicted octanol–water partition coefficient (Wildman–Crippen LogP) is 1.79. The Balaban J connectivity index is 0. The molecule has 0 bridgehead atoms. The summed E-state index contributed by atoms with van der Waals surface area (Å²) in [5.41, 5.74) is 9.54. The van der Waals surface area contributed by atoms with Crippen molar-refractivity contribution in [2.24, 2.45) is 11.5 Å². The summed E-state index contributed by atoms with van der Waals surface area (Å²) in [4.78, 5) is 9.09. The quantitative estimate of drug-likeness (QED) is 0.296. The molecule has 0 radical (unpaired) electrons. The van der Waals surface area contributed by atoms with E-state index in [2.05, 4.69) is 37.5 Å². The number of hydrogen-bond acceptors (Lipinski definition) is 4. The summed E-state index contributed by atoms with van der Waals surface area (Å²) in [6.45, 7) is 4.78. The van der Waals surface area contributed by atoms with E-state index in [0.29, 0.717) is 6.61 Å². The summed E-state index contributed by atoms with van der Waals surface area (Å²) in [6, 6.07) is 0. The van der Waals surface area contributed by atoms with Gasteiger partial charge in [-0.3, -0.25) is 4.79 Å². The third kappa shape index (κ3) is 19.1. The first-order valence-corrected chi connectivity index (χ1v) is 5.85. The monoisotopic (exact) mass is 268 g/mol. The van der Waals surface area contributed by atoms with Crippen LogP contribution in [0.3, 0.4) is 0 Å². The minimum Gasteiger partial charge on any atom is -0.441 e. The molecule has 0 aromatic heterocycles. The van der Waals surface area contributed by atoms with E-state index in [1.54, 1.807) is 0 Å². The largest absolute Gasteiger partial charge is 0.441 e. The van der Waals surface area contributed by atoms with Crippen molar-refractivity contribution in [2.75, 3.05) is 6.61 Å². The average molecular weight is 268 g/mol. The van der Waals surface area contributed by atoms with Gasteiger partial charge in [0.25, 0.3) is 10.4 Å². The number of thiol groups is 1. The molecule has 16 heavy (non-hydrogen) atoms. The van der Waals surface area contributed by atoms with E-state index in [1.807, 2.05) is 6.92 Å². The minimum absolute atomic E-state index is 0.0540. The fourth-order valence-electron chi connectivity index (χ4n) is 0.724. The number of thiocarbonyl (C=S) groups is 1. The first-order chi connectivity index (χ1) is 7.43. The van der Waals surface area contributed by atoms with Crippen LogP contribution in [0.5, 0.6) is 0 Å². The molecule has 0 heterocycles. The second kappa shape index (κ2) is 12.5. The Morgan fingerprint density at radius 1 is 1.44 bits per heavy atom. The van der Waals surface area contributed by atoms with E-state index in [0.717, 1.165) is 19.3 Å². The summed E-state index contributed by atoms with van der Waals surface area (Å²) in [5.74, 6) is 0. The van der Waals surface area contributed by atoms with Crippen molar-refractivity contribution in [1.82, 2.24) is 0 Å². The lowest BCUT2D eigenvalue weighted by Gasteiger charge is -2.16. The normalized spacial score (nSPS) is 10.9. The number of unbranched alkanes of at least 4 members (excludes halogenated alkanes) is 1. The lowest BCUT2D eigenvalue weighted by molar-refractivity contribution is -0.0894. The van der Waals surface area contributed by atoms with Crippen LogP contribution in [0.2, 0.25) is 0 Å². The van der Waals surface area contributed by atoms with Crippen LogP contribution in [-0.4, -0.2) is 23.3 Å². The maximum Gasteiger partial charge on any atom is 0.273 e. The Labute approximate surface area is 107 Å². The maximum atomic E-state index is 9.09. The second-order valence-electron chi connectivity index (χ2n) is 2.84. The van der Waals surface area contributed by atoms with Crippen molar-refractivity contribution in [2.45, 2.75) is 39.4 Å². The molecule has 1 atom stereocenters. The molecule has 7 heteroatoms. The number of hydrogen-bond donors (Lipinski definition) is 3. The Bertz CT molecular complexity index is 199. The highest BCUT2D eigenvalue weighted by Crippen LogP contribution is 2.01. The van der Waals surface area contributed by atoms with E-state index in [1.165, 1.54) is 0 Å². The lowest BCUT2D eigenvalue weighted by Crippen LogP contribution is -2.24. The summed E-state index contributed by atoms with van der Waals surface area (Å²) in [6.07, 6.45) is 2.65. The highest BCUT2D eigenvalue weighted by Gasteiger charge is 2.06. The number of carbonyl (C=O) groups excluding carboxylic acids is 1. The maximum absolute atomic E-state index is 9.09.